The summed E-state index contributed by atoms with van der Waals surface area (Å²) in [5.74, 6) is 0.134. The zero-order valence-electron chi connectivity index (χ0n) is 19.4. The van der Waals surface area contributed by atoms with Crippen molar-refractivity contribution >= 4 is 27.7 Å². The Morgan fingerprint density at radius 2 is 2.03 bits per heavy atom. The number of allylic oxidation sites excluding steroid dienone is 1. The predicted octanol–water partition coefficient (Wildman–Crippen LogP) is 4.25. The molecule has 180 valence electrons. The number of benzene rings is 1. The van der Waals surface area contributed by atoms with Gasteiger partial charge in [-0.15, -0.1) is 10.2 Å². The van der Waals surface area contributed by atoms with Crippen LogP contribution in [0.3, 0.4) is 0 Å². The van der Waals surface area contributed by atoms with E-state index >= 15 is 0 Å². The number of carbonyl (C=O) groups is 1. The molecule has 3 rings (SSSR count). The quantitative estimate of drug-likeness (QED) is 0.369. The average molecular weight is 493 g/mol. The van der Waals surface area contributed by atoms with Crippen LogP contribution in [0, 0.1) is 0 Å². The highest BCUT2D eigenvalue weighted by molar-refractivity contribution is 8.00. The molecule has 0 unspecified atom stereocenters. The van der Waals surface area contributed by atoms with Gasteiger partial charge in [0.1, 0.15) is 0 Å². The summed E-state index contributed by atoms with van der Waals surface area (Å²) < 4.78 is 32.7. The molecular weight excluding hydrogens is 460 g/mol. The summed E-state index contributed by atoms with van der Waals surface area (Å²) in [4.78, 5) is 12.6. The van der Waals surface area contributed by atoms with Crippen LogP contribution in [0.25, 0.3) is 11.5 Å². The number of aromatic nitrogens is 2. The van der Waals surface area contributed by atoms with E-state index in [0.29, 0.717) is 25.2 Å². The fourth-order valence-electron chi connectivity index (χ4n) is 3.70. The van der Waals surface area contributed by atoms with Gasteiger partial charge in [-0.2, -0.15) is 4.31 Å². The summed E-state index contributed by atoms with van der Waals surface area (Å²) in [6.45, 7) is 6.80. The van der Waals surface area contributed by atoms with Crippen molar-refractivity contribution in [1.29, 1.82) is 0 Å². The Labute approximate surface area is 200 Å². The Balaban J connectivity index is 1.60. The summed E-state index contributed by atoms with van der Waals surface area (Å²) in [7, 11) is -3.59. The first-order valence-electron chi connectivity index (χ1n) is 11.4. The number of nitrogens with zero attached hydrogens (tertiary/aromatic N) is 3. The van der Waals surface area contributed by atoms with Gasteiger partial charge < -0.3 is 9.73 Å². The fourth-order valence-corrected chi connectivity index (χ4v) is 5.91. The molecule has 1 N–H and O–H groups in total. The van der Waals surface area contributed by atoms with E-state index in [9.17, 15) is 13.2 Å². The molecule has 0 saturated carbocycles. The van der Waals surface area contributed by atoms with Crippen LogP contribution < -0.4 is 5.32 Å². The highest BCUT2D eigenvalue weighted by Gasteiger charge is 2.23. The van der Waals surface area contributed by atoms with Gasteiger partial charge in [0.2, 0.25) is 21.8 Å². The van der Waals surface area contributed by atoms with Crippen molar-refractivity contribution in [2.24, 2.45) is 0 Å². The van der Waals surface area contributed by atoms with E-state index in [1.807, 2.05) is 0 Å². The normalized spacial score (nSPS) is 15.3. The van der Waals surface area contributed by atoms with Crippen molar-refractivity contribution in [3.8, 4) is 11.5 Å². The lowest BCUT2D eigenvalue weighted by Crippen LogP contribution is -2.31. The minimum absolute atomic E-state index is 0.0801. The van der Waals surface area contributed by atoms with Gasteiger partial charge in [-0.1, -0.05) is 43.3 Å². The Morgan fingerprint density at radius 1 is 1.24 bits per heavy atom. The molecule has 1 aliphatic carbocycles. The van der Waals surface area contributed by atoms with E-state index in [1.165, 1.54) is 40.5 Å². The second kappa shape index (κ2) is 11.8. The molecule has 1 aromatic carbocycles. The second-order valence-corrected chi connectivity index (χ2v) is 11.1. The number of hydrogen-bond donors (Lipinski definition) is 1. The smallest absolute Gasteiger partial charge is 0.277 e. The Bertz CT molecular complexity index is 1080. The minimum Gasteiger partial charge on any atom is -0.411 e. The molecule has 0 radical (unpaired) electrons. The monoisotopic (exact) mass is 492 g/mol. The molecule has 1 aliphatic rings. The molecule has 0 fully saturated rings. The third-order valence-corrected chi connectivity index (χ3v) is 8.59. The molecule has 8 nitrogen and oxygen atoms in total. The fraction of sp³-hybridized carbons (Fsp3) is 0.522. The molecule has 33 heavy (non-hydrogen) atoms. The second-order valence-electron chi connectivity index (χ2n) is 7.90. The molecule has 1 amide bonds. The topological polar surface area (TPSA) is 105 Å². The van der Waals surface area contributed by atoms with Gasteiger partial charge in [-0.25, -0.2) is 8.42 Å². The van der Waals surface area contributed by atoms with Gasteiger partial charge in [0.25, 0.3) is 5.22 Å². The summed E-state index contributed by atoms with van der Waals surface area (Å²) in [6.07, 6.45) is 7.93. The molecule has 1 aromatic heterocycles. The van der Waals surface area contributed by atoms with Crippen LogP contribution in [-0.4, -0.2) is 53.7 Å². The largest absolute Gasteiger partial charge is 0.411 e. The zero-order chi connectivity index (χ0) is 23.8. The van der Waals surface area contributed by atoms with Gasteiger partial charge in [0, 0.05) is 25.2 Å². The molecule has 2 aromatic rings. The Hall–Kier alpha value is -2.17. The number of amides is 1. The molecule has 1 atom stereocenters. The van der Waals surface area contributed by atoms with Crippen molar-refractivity contribution < 1.29 is 17.6 Å². The minimum atomic E-state index is -3.59. The van der Waals surface area contributed by atoms with Crippen LogP contribution in [0.1, 0.15) is 52.9 Å². The molecular formula is C23H32N4O4S2. The number of sulfonamides is 1. The van der Waals surface area contributed by atoms with Crippen molar-refractivity contribution in [3.05, 3.63) is 35.9 Å². The first-order valence-corrected chi connectivity index (χ1v) is 13.7. The number of carbonyl (C=O) groups excluding carboxylic acids is 1. The third kappa shape index (κ3) is 6.68. The van der Waals surface area contributed by atoms with Gasteiger partial charge in [0.15, 0.2) is 0 Å². The number of nitrogens with one attached hydrogen (secondary N) is 1. The van der Waals surface area contributed by atoms with Crippen LogP contribution >= 0.6 is 11.8 Å². The summed E-state index contributed by atoms with van der Waals surface area (Å²) in [5.41, 5.74) is 1.94. The van der Waals surface area contributed by atoms with Gasteiger partial charge in [0.05, 0.1) is 10.1 Å². The predicted molar refractivity (Wildman–Crippen MR) is 129 cm³/mol. The van der Waals surface area contributed by atoms with E-state index in [-0.39, 0.29) is 21.9 Å². The van der Waals surface area contributed by atoms with E-state index in [2.05, 4.69) is 21.6 Å². The maximum atomic E-state index is 12.8. The van der Waals surface area contributed by atoms with Gasteiger partial charge >= 0.3 is 0 Å². The molecule has 0 bridgehead atoms. The standard InChI is InChI=1S/C23H32N4O4S2/c1-4-27(5-2)33(29,30)20-13-9-12-19(16-20)22-25-26-23(31-22)32-17(3)21(28)24-15-14-18-10-7-6-8-11-18/h9-10,12-13,16-17H,4-8,11,14-15H2,1-3H3,(H,24,28)/t17-/m1/s1. The Kier molecular flexibility index (Phi) is 9.10. The van der Waals surface area contributed by atoms with Gasteiger partial charge in [-0.3, -0.25) is 4.79 Å². The van der Waals surface area contributed by atoms with Crippen LogP contribution in [0.5, 0.6) is 0 Å². The molecule has 10 heteroatoms. The lowest BCUT2D eigenvalue weighted by Gasteiger charge is -2.18. The summed E-state index contributed by atoms with van der Waals surface area (Å²) in [5, 5.41) is 10.9. The van der Waals surface area contributed by atoms with E-state index in [0.717, 1.165) is 19.3 Å². The van der Waals surface area contributed by atoms with Crippen LogP contribution in [0.2, 0.25) is 0 Å². The number of thioether (sulfide) groups is 1. The lowest BCUT2D eigenvalue weighted by atomic mass is 9.97. The number of hydrogen-bond acceptors (Lipinski definition) is 7. The highest BCUT2D eigenvalue weighted by Crippen LogP contribution is 2.28. The Morgan fingerprint density at radius 3 is 2.73 bits per heavy atom. The maximum Gasteiger partial charge on any atom is 0.277 e. The summed E-state index contributed by atoms with van der Waals surface area (Å²) in [6, 6.07) is 6.46. The van der Waals surface area contributed by atoms with E-state index < -0.39 is 15.3 Å². The number of rotatable bonds is 11. The van der Waals surface area contributed by atoms with Crippen LogP contribution in [0.4, 0.5) is 0 Å². The molecule has 0 saturated heterocycles. The van der Waals surface area contributed by atoms with Gasteiger partial charge in [-0.05, 0) is 57.2 Å². The first-order chi connectivity index (χ1) is 15.8. The third-order valence-electron chi connectivity index (χ3n) is 5.61. The molecule has 0 aliphatic heterocycles. The average Bonchev–Trinajstić information content (AvgIpc) is 3.29. The highest BCUT2D eigenvalue weighted by atomic mass is 32.2. The lowest BCUT2D eigenvalue weighted by molar-refractivity contribution is -0.120. The van der Waals surface area contributed by atoms with E-state index in [4.69, 9.17) is 4.42 Å². The van der Waals surface area contributed by atoms with Crippen molar-refractivity contribution in [2.45, 2.75) is 68.2 Å². The van der Waals surface area contributed by atoms with Crippen molar-refractivity contribution in [2.75, 3.05) is 19.6 Å². The molecule has 1 heterocycles. The summed E-state index contributed by atoms with van der Waals surface area (Å²) >= 11 is 1.18. The van der Waals surface area contributed by atoms with E-state index in [1.54, 1.807) is 39.0 Å². The van der Waals surface area contributed by atoms with Crippen molar-refractivity contribution in [3.63, 3.8) is 0 Å². The van der Waals surface area contributed by atoms with Crippen molar-refractivity contribution in [1.82, 2.24) is 19.8 Å². The molecule has 0 spiro atoms. The maximum absolute atomic E-state index is 12.8. The SMILES string of the molecule is CCN(CC)S(=O)(=O)c1cccc(-c2nnc(S[C@H](C)C(=O)NCCC3=CCCCC3)o2)c1. The first kappa shape index (κ1) is 25.5. The van der Waals surface area contributed by atoms with Crippen LogP contribution in [0.15, 0.2) is 50.4 Å². The van der Waals surface area contributed by atoms with Crippen LogP contribution in [-0.2, 0) is 14.8 Å². The zero-order valence-corrected chi connectivity index (χ0v) is 21.0.